The number of ether oxygens (including phenoxy) is 1. The van der Waals surface area contributed by atoms with Crippen molar-refractivity contribution in [2.45, 2.75) is 6.54 Å². The SMILES string of the molecule is O=c1c(I)c(Cl)ncn1CCOCCO. The summed E-state index contributed by atoms with van der Waals surface area (Å²) >= 11 is 7.53. The third-order valence-electron chi connectivity index (χ3n) is 1.65. The molecule has 84 valence electrons. The van der Waals surface area contributed by atoms with Gasteiger partial charge in [0.2, 0.25) is 0 Å². The lowest BCUT2D eigenvalue weighted by Crippen LogP contribution is -2.25. The van der Waals surface area contributed by atoms with Crippen LogP contribution >= 0.6 is 34.2 Å². The van der Waals surface area contributed by atoms with Crippen LogP contribution in [0.1, 0.15) is 0 Å². The predicted octanol–water partition coefficient (Wildman–Crippen LogP) is 0.510. The predicted molar refractivity (Wildman–Crippen MR) is 64.1 cm³/mol. The van der Waals surface area contributed by atoms with Crippen LogP contribution in [0.4, 0.5) is 0 Å². The maximum absolute atomic E-state index is 11.6. The Morgan fingerprint density at radius 1 is 1.60 bits per heavy atom. The van der Waals surface area contributed by atoms with Gasteiger partial charge in [0, 0.05) is 0 Å². The molecule has 5 nitrogen and oxygen atoms in total. The topological polar surface area (TPSA) is 64.4 Å². The molecule has 0 fully saturated rings. The summed E-state index contributed by atoms with van der Waals surface area (Å²) in [4.78, 5) is 15.4. The van der Waals surface area contributed by atoms with Crippen LogP contribution in [0.3, 0.4) is 0 Å². The van der Waals surface area contributed by atoms with Crippen molar-refractivity contribution in [3.8, 4) is 0 Å². The van der Waals surface area contributed by atoms with Crippen molar-refractivity contribution >= 4 is 34.2 Å². The van der Waals surface area contributed by atoms with Gasteiger partial charge in [-0.3, -0.25) is 9.36 Å². The second-order valence-electron chi connectivity index (χ2n) is 2.68. The molecule has 1 rings (SSSR count). The average molecular weight is 345 g/mol. The third-order valence-corrected chi connectivity index (χ3v) is 3.23. The summed E-state index contributed by atoms with van der Waals surface area (Å²) in [6.07, 6.45) is 1.38. The molecule has 0 saturated heterocycles. The zero-order valence-electron chi connectivity index (χ0n) is 7.82. The summed E-state index contributed by atoms with van der Waals surface area (Å²) in [5.74, 6) is 0. The van der Waals surface area contributed by atoms with Gasteiger partial charge in [-0.1, -0.05) is 11.6 Å². The van der Waals surface area contributed by atoms with Gasteiger partial charge in [0.05, 0.1) is 32.7 Å². The lowest BCUT2D eigenvalue weighted by molar-refractivity contribution is 0.0863. The summed E-state index contributed by atoms with van der Waals surface area (Å²) in [6.45, 7) is 1.01. The highest BCUT2D eigenvalue weighted by atomic mass is 127. The zero-order valence-corrected chi connectivity index (χ0v) is 10.7. The molecule has 0 spiro atoms. The molecule has 0 atom stereocenters. The Kier molecular flexibility index (Phi) is 5.51. The van der Waals surface area contributed by atoms with Crippen LogP contribution in [0.15, 0.2) is 11.1 Å². The summed E-state index contributed by atoms with van der Waals surface area (Å²) in [6, 6.07) is 0. The second-order valence-corrected chi connectivity index (χ2v) is 4.12. The molecule has 1 N–H and O–H groups in total. The molecule has 0 unspecified atom stereocenters. The third kappa shape index (κ3) is 3.71. The highest BCUT2D eigenvalue weighted by Crippen LogP contribution is 2.09. The highest BCUT2D eigenvalue weighted by molar-refractivity contribution is 14.1. The van der Waals surface area contributed by atoms with E-state index in [2.05, 4.69) is 4.98 Å². The van der Waals surface area contributed by atoms with Gasteiger partial charge in [0.15, 0.2) is 0 Å². The van der Waals surface area contributed by atoms with Crippen molar-refractivity contribution < 1.29 is 9.84 Å². The summed E-state index contributed by atoms with van der Waals surface area (Å²) < 4.78 is 6.86. The van der Waals surface area contributed by atoms with E-state index in [0.717, 1.165) is 0 Å². The number of hydrogen-bond acceptors (Lipinski definition) is 4. The first-order valence-corrected chi connectivity index (χ1v) is 5.71. The molecule has 0 amide bonds. The van der Waals surface area contributed by atoms with Crippen molar-refractivity contribution in [2.24, 2.45) is 0 Å². The normalized spacial score (nSPS) is 10.6. The Hall–Kier alpha value is -0.180. The van der Waals surface area contributed by atoms with Gasteiger partial charge in [-0.2, -0.15) is 0 Å². The van der Waals surface area contributed by atoms with E-state index in [9.17, 15) is 4.79 Å². The Bertz CT molecular complexity index is 383. The minimum absolute atomic E-state index is 0.0225. The average Bonchev–Trinajstić information content (AvgIpc) is 2.24. The van der Waals surface area contributed by atoms with Crippen LogP contribution in [0.5, 0.6) is 0 Å². The summed E-state index contributed by atoms with van der Waals surface area (Å²) in [5.41, 5.74) is -0.178. The monoisotopic (exact) mass is 344 g/mol. The molecular formula is C8H10ClIN2O3. The fraction of sp³-hybridized carbons (Fsp3) is 0.500. The molecule has 0 aliphatic rings. The molecule has 0 aliphatic heterocycles. The maximum atomic E-state index is 11.6. The van der Waals surface area contributed by atoms with Crippen LogP contribution in [0.25, 0.3) is 0 Å². The van der Waals surface area contributed by atoms with Crippen LogP contribution < -0.4 is 5.56 Å². The van der Waals surface area contributed by atoms with Crippen LogP contribution in [0, 0.1) is 3.57 Å². The molecule has 1 aromatic heterocycles. The van der Waals surface area contributed by atoms with Crippen LogP contribution in [-0.2, 0) is 11.3 Å². The molecule has 0 bridgehead atoms. The largest absolute Gasteiger partial charge is 0.394 e. The van der Waals surface area contributed by atoms with E-state index in [1.54, 1.807) is 0 Å². The van der Waals surface area contributed by atoms with E-state index < -0.39 is 0 Å². The molecule has 1 heterocycles. The Labute approximate surface area is 105 Å². The number of aliphatic hydroxyl groups excluding tert-OH is 1. The molecule has 7 heteroatoms. The van der Waals surface area contributed by atoms with Crippen molar-refractivity contribution in [3.05, 3.63) is 25.4 Å². The quantitative estimate of drug-likeness (QED) is 0.480. The van der Waals surface area contributed by atoms with Crippen molar-refractivity contribution in [3.63, 3.8) is 0 Å². The van der Waals surface area contributed by atoms with E-state index in [-0.39, 0.29) is 23.9 Å². The molecule has 0 aliphatic carbocycles. The lowest BCUT2D eigenvalue weighted by Gasteiger charge is -2.06. The van der Waals surface area contributed by atoms with Crippen LogP contribution in [-0.4, -0.2) is 34.5 Å². The van der Waals surface area contributed by atoms with E-state index in [4.69, 9.17) is 21.4 Å². The van der Waals surface area contributed by atoms with Crippen molar-refractivity contribution in [1.82, 2.24) is 9.55 Å². The van der Waals surface area contributed by atoms with Crippen LogP contribution in [0.2, 0.25) is 5.15 Å². The van der Waals surface area contributed by atoms with Crippen molar-refractivity contribution in [1.29, 1.82) is 0 Å². The van der Waals surface area contributed by atoms with Gasteiger partial charge < -0.3 is 9.84 Å². The lowest BCUT2D eigenvalue weighted by atomic mass is 10.6. The number of nitrogens with zero attached hydrogens (tertiary/aromatic N) is 2. The number of rotatable bonds is 5. The smallest absolute Gasteiger partial charge is 0.268 e. The van der Waals surface area contributed by atoms with E-state index in [1.165, 1.54) is 10.9 Å². The number of aliphatic hydroxyl groups is 1. The van der Waals surface area contributed by atoms with E-state index >= 15 is 0 Å². The zero-order chi connectivity index (χ0) is 11.3. The fourth-order valence-electron chi connectivity index (χ4n) is 0.933. The van der Waals surface area contributed by atoms with Gasteiger partial charge in [-0.05, 0) is 22.6 Å². The number of aromatic nitrogens is 2. The first kappa shape index (κ1) is 12.9. The molecule has 0 radical (unpaired) electrons. The Balaban J connectivity index is 2.63. The first-order chi connectivity index (χ1) is 7.16. The first-order valence-electron chi connectivity index (χ1n) is 4.26. The van der Waals surface area contributed by atoms with E-state index in [1.807, 2.05) is 22.6 Å². The van der Waals surface area contributed by atoms with Gasteiger partial charge in [-0.25, -0.2) is 4.98 Å². The molecule has 0 saturated carbocycles. The molecule has 15 heavy (non-hydrogen) atoms. The minimum Gasteiger partial charge on any atom is -0.394 e. The standard InChI is InChI=1S/C8H10ClIN2O3/c9-7-6(10)8(14)12(5-11-7)1-3-15-4-2-13/h5,13H,1-4H2. The molecular weight excluding hydrogens is 334 g/mol. The minimum atomic E-state index is -0.178. The van der Waals surface area contributed by atoms with E-state index in [0.29, 0.717) is 16.7 Å². The number of hydrogen-bond donors (Lipinski definition) is 1. The molecule has 1 aromatic rings. The van der Waals surface area contributed by atoms with Crippen molar-refractivity contribution in [2.75, 3.05) is 19.8 Å². The number of halogens is 2. The van der Waals surface area contributed by atoms with Gasteiger partial charge in [0.1, 0.15) is 8.72 Å². The fourth-order valence-corrected chi connectivity index (χ4v) is 1.51. The summed E-state index contributed by atoms with van der Waals surface area (Å²) in [7, 11) is 0. The van der Waals surface area contributed by atoms with Gasteiger partial charge in [-0.15, -0.1) is 0 Å². The van der Waals surface area contributed by atoms with Gasteiger partial charge in [0.25, 0.3) is 5.56 Å². The Morgan fingerprint density at radius 2 is 2.33 bits per heavy atom. The molecule has 0 aromatic carbocycles. The Morgan fingerprint density at radius 3 is 3.00 bits per heavy atom. The van der Waals surface area contributed by atoms with Gasteiger partial charge >= 0.3 is 0 Å². The highest BCUT2D eigenvalue weighted by Gasteiger charge is 2.05. The second kappa shape index (κ2) is 6.41. The summed E-state index contributed by atoms with van der Waals surface area (Å²) in [5, 5.41) is 8.69. The maximum Gasteiger partial charge on any atom is 0.268 e.